The van der Waals surface area contributed by atoms with Gasteiger partial charge in [0.1, 0.15) is 5.75 Å². The molecule has 1 saturated heterocycles. The molecule has 1 atom stereocenters. The van der Waals surface area contributed by atoms with E-state index in [1.54, 1.807) is 7.11 Å². The van der Waals surface area contributed by atoms with Gasteiger partial charge in [-0.2, -0.15) is 0 Å². The van der Waals surface area contributed by atoms with Crippen molar-refractivity contribution in [3.8, 4) is 5.75 Å². The van der Waals surface area contributed by atoms with Gasteiger partial charge in [-0.25, -0.2) is 0 Å². The first-order valence-corrected chi connectivity index (χ1v) is 12.7. The summed E-state index contributed by atoms with van der Waals surface area (Å²) < 4.78 is 29.6. The second-order valence-corrected chi connectivity index (χ2v) is 10.1. The van der Waals surface area contributed by atoms with Crippen LogP contribution in [0.5, 0.6) is 5.75 Å². The molecule has 1 fully saturated rings. The number of piperazine rings is 1. The van der Waals surface area contributed by atoms with Crippen LogP contribution in [0.4, 0.5) is 5.69 Å². The van der Waals surface area contributed by atoms with Crippen LogP contribution in [-0.4, -0.2) is 51.4 Å². The predicted molar refractivity (Wildman–Crippen MR) is 126 cm³/mol. The molecule has 1 aliphatic heterocycles. The van der Waals surface area contributed by atoms with Gasteiger partial charge >= 0.3 is 7.60 Å². The van der Waals surface area contributed by atoms with E-state index in [-0.39, 0.29) is 5.66 Å². The van der Waals surface area contributed by atoms with E-state index in [2.05, 4.69) is 46.2 Å². The van der Waals surface area contributed by atoms with Crippen LogP contribution in [-0.2, 0) is 20.2 Å². The monoisotopic (exact) mass is 446 g/mol. The molecule has 6 nitrogen and oxygen atoms in total. The van der Waals surface area contributed by atoms with Crippen molar-refractivity contribution in [3.05, 3.63) is 59.7 Å². The normalized spacial score (nSPS) is 16.3. The lowest BCUT2D eigenvalue weighted by Gasteiger charge is -2.36. The van der Waals surface area contributed by atoms with Gasteiger partial charge in [-0.3, -0.25) is 9.46 Å². The van der Waals surface area contributed by atoms with E-state index in [0.29, 0.717) is 13.2 Å². The standard InChI is InChI=1S/C24H35N2O4P/c1-5-29-31(27,30-6-2)20(3)22-13-11-21(12-14-22)19-25-15-17-26(18-16-25)23-9-7-8-10-24(23)28-4/h7-14,20H,5-6,15-19H2,1-4H3. The van der Waals surface area contributed by atoms with Crippen molar-refractivity contribution < 1.29 is 18.3 Å². The lowest BCUT2D eigenvalue weighted by molar-refractivity contribution is 0.213. The summed E-state index contributed by atoms with van der Waals surface area (Å²) in [7, 11) is -1.43. The molecule has 0 spiro atoms. The van der Waals surface area contributed by atoms with Crippen molar-refractivity contribution in [2.45, 2.75) is 33.0 Å². The van der Waals surface area contributed by atoms with Gasteiger partial charge in [0.25, 0.3) is 0 Å². The second-order valence-electron chi connectivity index (χ2n) is 7.73. The minimum Gasteiger partial charge on any atom is -0.495 e. The largest absolute Gasteiger partial charge is 0.495 e. The Morgan fingerprint density at radius 2 is 1.55 bits per heavy atom. The highest BCUT2D eigenvalue weighted by molar-refractivity contribution is 7.54. The average Bonchev–Trinajstić information content (AvgIpc) is 2.80. The molecule has 2 aromatic rings. The molecule has 7 heteroatoms. The van der Waals surface area contributed by atoms with Crippen molar-refractivity contribution in [1.82, 2.24) is 4.90 Å². The molecular weight excluding hydrogens is 411 g/mol. The molecule has 170 valence electrons. The smallest absolute Gasteiger partial charge is 0.337 e. The summed E-state index contributed by atoms with van der Waals surface area (Å²) in [4.78, 5) is 4.86. The summed E-state index contributed by atoms with van der Waals surface area (Å²) in [5, 5.41) is 0. The van der Waals surface area contributed by atoms with Crippen molar-refractivity contribution in [2.75, 3.05) is 51.4 Å². The van der Waals surface area contributed by atoms with E-state index >= 15 is 0 Å². The number of hydrogen-bond acceptors (Lipinski definition) is 6. The number of hydrogen-bond donors (Lipinski definition) is 0. The zero-order chi connectivity index (χ0) is 22.3. The zero-order valence-electron chi connectivity index (χ0n) is 19.1. The lowest BCUT2D eigenvalue weighted by Crippen LogP contribution is -2.46. The van der Waals surface area contributed by atoms with Gasteiger partial charge in [-0.1, -0.05) is 36.4 Å². The summed E-state index contributed by atoms with van der Waals surface area (Å²) in [5.74, 6) is 0.928. The molecule has 1 unspecified atom stereocenters. The number of methoxy groups -OCH3 is 1. The summed E-state index contributed by atoms with van der Waals surface area (Å²) in [5.41, 5.74) is 3.11. The molecule has 1 aliphatic rings. The van der Waals surface area contributed by atoms with E-state index in [9.17, 15) is 4.57 Å². The highest BCUT2D eigenvalue weighted by Crippen LogP contribution is 2.60. The van der Waals surface area contributed by atoms with Crippen molar-refractivity contribution in [1.29, 1.82) is 0 Å². The van der Waals surface area contributed by atoms with Gasteiger partial charge < -0.3 is 18.7 Å². The molecule has 3 rings (SSSR count). The average molecular weight is 447 g/mol. The highest BCUT2D eigenvalue weighted by atomic mass is 31.2. The lowest BCUT2D eigenvalue weighted by atomic mass is 10.1. The fraction of sp³-hybridized carbons (Fsp3) is 0.500. The number of anilines is 1. The van der Waals surface area contributed by atoms with E-state index in [0.717, 1.165) is 49.7 Å². The number of benzene rings is 2. The minimum absolute atomic E-state index is 0.286. The molecule has 2 aromatic carbocycles. The Kier molecular flexibility index (Phi) is 8.56. The van der Waals surface area contributed by atoms with E-state index in [4.69, 9.17) is 13.8 Å². The third-order valence-corrected chi connectivity index (χ3v) is 8.24. The summed E-state index contributed by atoms with van der Waals surface area (Å²) in [6, 6.07) is 16.6. The molecule has 0 aliphatic carbocycles. The molecule has 0 bridgehead atoms. The van der Waals surface area contributed by atoms with E-state index in [1.807, 2.05) is 32.9 Å². The van der Waals surface area contributed by atoms with Crippen LogP contribution in [0, 0.1) is 0 Å². The van der Waals surface area contributed by atoms with Crippen LogP contribution in [0.15, 0.2) is 48.5 Å². The van der Waals surface area contributed by atoms with Crippen molar-refractivity contribution in [3.63, 3.8) is 0 Å². The highest BCUT2D eigenvalue weighted by Gasteiger charge is 2.33. The zero-order valence-corrected chi connectivity index (χ0v) is 20.0. The number of para-hydroxylation sites is 2. The Hall–Kier alpha value is -1.85. The maximum atomic E-state index is 13.0. The van der Waals surface area contributed by atoms with Crippen LogP contribution in [0.25, 0.3) is 0 Å². The van der Waals surface area contributed by atoms with Crippen LogP contribution in [0.1, 0.15) is 37.6 Å². The maximum Gasteiger partial charge on any atom is 0.337 e. The van der Waals surface area contributed by atoms with Crippen molar-refractivity contribution in [2.24, 2.45) is 0 Å². The van der Waals surface area contributed by atoms with Crippen molar-refractivity contribution >= 4 is 13.3 Å². The SMILES string of the molecule is CCOP(=O)(OCC)C(C)c1ccc(CN2CCN(c3ccccc3OC)CC2)cc1. The first-order chi connectivity index (χ1) is 15.0. The first-order valence-electron chi connectivity index (χ1n) is 11.1. The Balaban J connectivity index is 1.58. The summed E-state index contributed by atoms with van der Waals surface area (Å²) in [6.45, 7) is 11.2. The molecule has 0 N–H and O–H groups in total. The quantitative estimate of drug-likeness (QED) is 0.459. The first kappa shape index (κ1) is 23.8. The Morgan fingerprint density at radius 1 is 0.935 bits per heavy atom. The predicted octanol–water partition coefficient (Wildman–Crippen LogP) is 5.34. The van der Waals surface area contributed by atoms with Crippen LogP contribution >= 0.6 is 7.60 Å². The van der Waals surface area contributed by atoms with Crippen LogP contribution in [0.3, 0.4) is 0 Å². The minimum atomic E-state index is -3.15. The maximum absolute atomic E-state index is 13.0. The van der Waals surface area contributed by atoms with Crippen LogP contribution in [0.2, 0.25) is 0 Å². The summed E-state index contributed by atoms with van der Waals surface area (Å²) >= 11 is 0. The fourth-order valence-corrected chi connectivity index (χ4v) is 5.78. The summed E-state index contributed by atoms with van der Waals surface area (Å²) in [6.07, 6.45) is 0. The van der Waals surface area contributed by atoms with Gasteiger partial charge in [0.15, 0.2) is 0 Å². The topological polar surface area (TPSA) is 51.2 Å². The number of rotatable bonds is 10. The Bertz CT molecular complexity index is 856. The van der Waals surface area contributed by atoms with E-state index < -0.39 is 7.60 Å². The second kappa shape index (κ2) is 11.1. The third kappa shape index (κ3) is 5.89. The molecule has 31 heavy (non-hydrogen) atoms. The molecule has 1 heterocycles. The van der Waals surface area contributed by atoms with Gasteiger partial charge in [0.05, 0.1) is 31.7 Å². The molecule has 0 saturated carbocycles. The van der Waals surface area contributed by atoms with E-state index in [1.165, 1.54) is 5.56 Å². The fourth-order valence-electron chi connectivity index (χ4n) is 4.00. The number of ether oxygens (including phenoxy) is 1. The van der Waals surface area contributed by atoms with Gasteiger partial charge in [0.2, 0.25) is 0 Å². The van der Waals surface area contributed by atoms with Crippen LogP contribution < -0.4 is 9.64 Å². The van der Waals surface area contributed by atoms with Gasteiger partial charge in [-0.15, -0.1) is 0 Å². The van der Waals surface area contributed by atoms with Gasteiger partial charge in [0, 0.05) is 32.7 Å². The molecule has 0 amide bonds. The third-order valence-electron chi connectivity index (χ3n) is 5.76. The molecular formula is C24H35N2O4P. The van der Waals surface area contributed by atoms with Gasteiger partial charge in [-0.05, 0) is 44.0 Å². The Morgan fingerprint density at radius 3 is 2.13 bits per heavy atom. The molecule has 0 radical (unpaired) electrons. The molecule has 0 aromatic heterocycles. The number of nitrogens with zero attached hydrogens (tertiary/aromatic N) is 2. The Labute approximate surface area is 186 Å².